The fourth-order valence-corrected chi connectivity index (χ4v) is 3.72. The van der Waals surface area contributed by atoms with Gasteiger partial charge in [-0.15, -0.1) is 11.3 Å². The molecule has 1 aliphatic rings. The minimum Gasteiger partial charge on any atom is -0.321 e. The highest BCUT2D eigenvalue weighted by Gasteiger charge is 2.23. The van der Waals surface area contributed by atoms with Crippen LogP contribution in [0.3, 0.4) is 0 Å². The maximum absolute atomic E-state index is 12.3. The number of para-hydroxylation sites is 1. The second-order valence-corrected chi connectivity index (χ2v) is 6.67. The molecule has 2 aromatic heterocycles. The van der Waals surface area contributed by atoms with E-state index in [4.69, 9.17) is 0 Å². The summed E-state index contributed by atoms with van der Waals surface area (Å²) in [6.07, 6.45) is 3.68. The van der Waals surface area contributed by atoms with E-state index in [9.17, 15) is 4.79 Å². The van der Waals surface area contributed by atoms with Gasteiger partial charge in [0.25, 0.3) is 5.91 Å². The number of rotatable bonds is 2. The molecule has 0 atom stereocenters. The summed E-state index contributed by atoms with van der Waals surface area (Å²) in [7, 11) is 0. The minimum absolute atomic E-state index is 0.0746. The van der Waals surface area contributed by atoms with E-state index in [1.165, 1.54) is 0 Å². The lowest BCUT2D eigenvalue weighted by molar-refractivity contribution is -0.110. The number of anilines is 1. The number of benzene rings is 2. The van der Waals surface area contributed by atoms with Gasteiger partial charge >= 0.3 is 0 Å². The van der Waals surface area contributed by atoms with E-state index in [1.807, 2.05) is 53.9 Å². The largest absolute Gasteiger partial charge is 0.321 e. The fraction of sp³-hybridized carbons (Fsp3) is 0. The van der Waals surface area contributed by atoms with Gasteiger partial charge in [-0.1, -0.05) is 24.3 Å². The molecule has 4 aromatic rings. The molecule has 1 amide bonds. The number of carbonyl (C=O) groups is 1. The first-order chi connectivity index (χ1) is 12.3. The van der Waals surface area contributed by atoms with Gasteiger partial charge in [-0.05, 0) is 29.8 Å². The topological polar surface area (TPSA) is 70.7 Å². The van der Waals surface area contributed by atoms with Gasteiger partial charge in [0.05, 0.1) is 5.52 Å². The van der Waals surface area contributed by atoms with Gasteiger partial charge in [0.1, 0.15) is 10.7 Å². The molecule has 0 saturated carbocycles. The summed E-state index contributed by atoms with van der Waals surface area (Å²) in [6.45, 7) is 0. The van der Waals surface area contributed by atoms with Crippen LogP contribution in [0.25, 0.3) is 33.3 Å². The van der Waals surface area contributed by atoms with Crippen LogP contribution in [0.1, 0.15) is 11.1 Å². The monoisotopic (exact) mass is 344 g/mol. The van der Waals surface area contributed by atoms with Crippen molar-refractivity contribution in [3.63, 3.8) is 0 Å². The van der Waals surface area contributed by atoms with Crippen molar-refractivity contribution in [1.82, 2.24) is 15.2 Å². The first-order valence-corrected chi connectivity index (χ1v) is 8.68. The second-order valence-electron chi connectivity index (χ2n) is 5.77. The molecule has 0 aliphatic carbocycles. The van der Waals surface area contributed by atoms with Crippen LogP contribution < -0.4 is 5.32 Å². The minimum atomic E-state index is -0.0746. The highest BCUT2D eigenvalue weighted by molar-refractivity contribution is 7.13. The Labute approximate surface area is 147 Å². The predicted molar refractivity (Wildman–Crippen MR) is 100 cm³/mol. The Hall–Kier alpha value is -3.25. The SMILES string of the molecule is O=C1Nc2ccccc2C1=Cc1ccc2c(-c3nccs3)n[nH]c2c1. The normalized spacial score (nSPS) is 14.9. The number of hydrogen-bond donors (Lipinski definition) is 2. The number of carbonyl (C=O) groups excluding carboxylic acids is 1. The highest BCUT2D eigenvalue weighted by Crippen LogP contribution is 2.34. The Bertz CT molecular complexity index is 1140. The Kier molecular flexibility index (Phi) is 3.05. The summed E-state index contributed by atoms with van der Waals surface area (Å²) in [5.41, 5.74) is 5.19. The molecule has 0 spiro atoms. The molecule has 2 N–H and O–H groups in total. The summed E-state index contributed by atoms with van der Waals surface area (Å²) < 4.78 is 0. The van der Waals surface area contributed by atoms with Gasteiger partial charge in [-0.3, -0.25) is 9.89 Å². The lowest BCUT2D eigenvalue weighted by Crippen LogP contribution is -2.03. The third-order valence-corrected chi connectivity index (χ3v) is 5.02. The third kappa shape index (κ3) is 2.27. The number of fused-ring (bicyclic) bond motifs is 2. The van der Waals surface area contributed by atoms with Crippen LogP contribution in [0.2, 0.25) is 0 Å². The zero-order valence-corrected chi connectivity index (χ0v) is 13.8. The van der Waals surface area contributed by atoms with E-state index >= 15 is 0 Å². The maximum atomic E-state index is 12.3. The molecular formula is C19H12N4OS. The Balaban J connectivity index is 1.60. The number of hydrogen-bond acceptors (Lipinski definition) is 4. The molecule has 0 radical (unpaired) electrons. The van der Waals surface area contributed by atoms with Gasteiger partial charge < -0.3 is 5.32 Å². The van der Waals surface area contributed by atoms with E-state index in [0.29, 0.717) is 5.57 Å². The number of nitrogens with one attached hydrogen (secondary N) is 2. The molecule has 120 valence electrons. The molecule has 2 aromatic carbocycles. The first-order valence-electron chi connectivity index (χ1n) is 7.80. The van der Waals surface area contributed by atoms with Crippen molar-refractivity contribution in [2.45, 2.75) is 0 Å². The van der Waals surface area contributed by atoms with Gasteiger partial charge in [0, 0.05) is 33.8 Å². The number of nitrogens with zero attached hydrogens (tertiary/aromatic N) is 2. The van der Waals surface area contributed by atoms with Gasteiger partial charge in [0.2, 0.25) is 0 Å². The van der Waals surface area contributed by atoms with Crippen LogP contribution in [-0.2, 0) is 4.79 Å². The molecule has 0 saturated heterocycles. The Morgan fingerprint density at radius 3 is 2.92 bits per heavy atom. The average molecular weight is 344 g/mol. The van der Waals surface area contributed by atoms with E-state index in [0.717, 1.165) is 38.4 Å². The molecule has 5 rings (SSSR count). The zero-order chi connectivity index (χ0) is 16.8. The van der Waals surface area contributed by atoms with Crippen LogP contribution in [0, 0.1) is 0 Å². The molecule has 0 bridgehead atoms. The van der Waals surface area contributed by atoms with Crippen molar-refractivity contribution in [1.29, 1.82) is 0 Å². The standard InChI is InChI=1S/C19H12N4OS/c24-18-14(12-3-1-2-4-15(12)21-18)9-11-5-6-13-16(10-11)22-23-17(13)19-20-7-8-25-19/h1-10H,(H,21,24)(H,22,23). The summed E-state index contributed by atoms with van der Waals surface area (Å²) in [4.78, 5) is 16.6. The average Bonchev–Trinajstić information content (AvgIpc) is 3.34. The smallest absolute Gasteiger partial charge is 0.256 e. The maximum Gasteiger partial charge on any atom is 0.256 e. The first kappa shape index (κ1) is 14.1. The van der Waals surface area contributed by atoms with Crippen LogP contribution in [0.15, 0.2) is 54.0 Å². The highest BCUT2D eigenvalue weighted by atomic mass is 32.1. The molecule has 0 unspecified atom stereocenters. The molecular weight excluding hydrogens is 332 g/mol. The third-order valence-electron chi connectivity index (χ3n) is 4.24. The van der Waals surface area contributed by atoms with Crippen LogP contribution in [0.5, 0.6) is 0 Å². The fourth-order valence-electron chi connectivity index (χ4n) is 3.08. The number of H-pyrrole nitrogens is 1. The summed E-state index contributed by atoms with van der Waals surface area (Å²) >= 11 is 1.56. The van der Waals surface area contributed by atoms with Gasteiger partial charge in [-0.2, -0.15) is 5.10 Å². The quantitative estimate of drug-likeness (QED) is 0.536. The zero-order valence-electron chi connectivity index (χ0n) is 13.0. The van der Waals surface area contributed by atoms with E-state index in [1.54, 1.807) is 17.5 Å². The van der Waals surface area contributed by atoms with Crippen LogP contribution in [-0.4, -0.2) is 21.1 Å². The number of aromatic nitrogens is 3. The number of thiazole rings is 1. The second kappa shape index (κ2) is 5.39. The predicted octanol–water partition coefficient (Wildman–Crippen LogP) is 4.18. The molecule has 0 fully saturated rings. The lowest BCUT2D eigenvalue weighted by atomic mass is 10.0. The van der Waals surface area contributed by atoms with E-state index in [2.05, 4.69) is 20.5 Å². The molecule has 1 aliphatic heterocycles. The van der Waals surface area contributed by atoms with Gasteiger partial charge in [-0.25, -0.2) is 4.98 Å². The molecule has 6 heteroatoms. The van der Waals surface area contributed by atoms with E-state index < -0.39 is 0 Å². The van der Waals surface area contributed by atoms with Crippen molar-refractivity contribution in [2.75, 3.05) is 5.32 Å². The molecule has 5 nitrogen and oxygen atoms in total. The van der Waals surface area contributed by atoms with Crippen molar-refractivity contribution < 1.29 is 4.79 Å². The Morgan fingerprint density at radius 2 is 2.04 bits per heavy atom. The van der Waals surface area contributed by atoms with Crippen LogP contribution in [0.4, 0.5) is 5.69 Å². The number of aromatic amines is 1. The van der Waals surface area contributed by atoms with Crippen molar-refractivity contribution in [2.24, 2.45) is 0 Å². The van der Waals surface area contributed by atoms with Gasteiger partial charge in [0.15, 0.2) is 0 Å². The van der Waals surface area contributed by atoms with Crippen molar-refractivity contribution in [3.05, 3.63) is 65.2 Å². The lowest BCUT2D eigenvalue weighted by Gasteiger charge is -1.99. The summed E-state index contributed by atoms with van der Waals surface area (Å²) in [6, 6.07) is 13.7. The molecule has 3 heterocycles. The Morgan fingerprint density at radius 1 is 1.12 bits per heavy atom. The van der Waals surface area contributed by atoms with Crippen LogP contribution >= 0.6 is 11.3 Å². The van der Waals surface area contributed by atoms with Crippen molar-refractivity contribution in [3.8, 4) is 10.7 Å². The van der Waals surface area contributed by atoms with E-state index in [-0.39, 0.29) is 5.91 Å². The number of amides is 1. The van der Waals surface area contributed by atoms with Crippen molar-refractivity contribution >= 4 is 45.5 Å². The summed E-state index contributed by atoms with van der Waals surface area (Å²) in [5, 5.41) is 14.2. The molecule has 25 heavy (non-hydrogen) atoms. The summed E-state index contributed by atoms with van der Waals surface area (Å²) in [5.74, 6) is -0.0746.